The molecule has 1 nitrogen and oxygen atoms in total. The molecule has 3 fully saturated rings. The molecule has 3 aliphatic carbocycles. The molecule has 2 bridgehead atoms. The number of fused-ring (bicyclic) bond motifs is 2. The molecular weight excluding hydrogens is 172 g/mol. The molecule has 3 rings (SSSR count). The Hall–Kier alpha value is -0.330. The van der Waals surface area contributed by atoms with Crippen molar-refractivity contribution in [3.8, 4) is 0 Å². The van der Waals surface area contributed by atoms with Gasteiger partial charge in [-0.2, -0.15) is 0 Å². The van der Waals surface area contributed by atoms with E-state index in [2.05, 4.69) is 6.92 Å². The van der Waals surface area contributed by atoms with Crippen molar-refractivity contribution in [2.24, 2.45) is 29.6 Å². The molecule has 0 aromatic heterocycles. The van der Waals surface area contributed by atoms with Gasteiger partial charge in [-0.25, -0.2) is 0 Å². The van der Waals surface area contributed by atoms with Crippen molar-refractivity contribution in [1.29, 1.82) is 0 Å². The molecule has 0 aromatic rings. The van der Waals surface area contributed by atoms with Crippen LogP contribution in [0.2, 0.25) is 0 Å². The zero-order chi connectivity index (χ0) is 9.71. The zero-order valence-corrected chi connectivity index (χ0v) is 9.04. The van der Waals surface area contributed by atoms with E-state index in [1.54, 1.807) is 0 Å². The normalized spacial score (nSPS) is 51.8. The smallest absolute Gasteiger partial charge is 0.136 e. The summed E-state index contributed by atoms with van der Waals surface area (Å²) >= 11 is 0. The van der Waals surface area contributed by atoms with Gasteiger partial charge in [-0.15, -0.1) is 0 Å². The molecule has 5 unspecified atom stereocenters. The van der Waals surface area contributed by atoms with E-state index in [1.807, 2.05) is 0 Å². The average Bonchev–Trinajstić information content (AvgIpc) is 2.77. The molecule has 3 aliphatic rings. The average molecular weight is 192 g/mol. The van der Waals surface area contributed by atoms with Gasteiger partial charge in [0.15, 0.2) is 0 Å². The van der Waals surface area contributed by atoms with Gasteiger partial charge in [-0.05, 0) is 55.8 Å². The molecule has 0 aromatic carbocycles. The molecule has 0 heterocycles. The van der Waals surface area contributed by atoms with Gasteiger partial charge < -0.3 is 0 Å². The minimum atomic E-state index is 0.479. The lowest BCUT2D eigenvalue weighted by molar-refractivity contribution is -0.122. The number of carbonyl (C=O) groups is 1. The SMILES string of the molecule is CC1CC2CC1C(C1CCCC1=O)C2. The Labute approximate surface area is 86.3 Å². The van der Waals surface area contributed by atoms with Crippen LogP contribution in [0.5, 0.6) is 0 Å². The van der Waals surface area contributed by atoms with E-state index in [0.717, 1.165) is 30.1 Å². The van der Waals surface area contributed by atoms with E-state index in [-0.39, 0.29) is 0 Å². The molecule has 5 atom stereocenters. The first-order valence-corrected chi connectivity index (χ1v) is 6.28. The molecular formula is C13H20O. The topological polar surface area (TPSA) is 17.1 Å². The summed E-state index contributed by atoms with van der Waals surface area (Å²) in [5.74, 6) is 4.66. The molecule has 0 radical (unpaired) electrons. The minimum Gasteiger partial charge on any atom is -0.299 e. The summed E-state index contributed by atoms with van der Waals surface area (Å²) in [6, 6.07) is 0. The van der Waals surface area contributed by atoms with Gasteiger partial charge >= 0.3 is 0 Å². The molecule has 0 spiro atoms. The number of ketones is 1. The highest BCUT2D eigenvalue weighted by atomic mass is 16.1. The van der Waals surface area contributed by atoms with Gasteiger partial charge in [0.05, 0.1) is 0 Å². The number of rotatable bonds is 1. The molecule has 0 N–H and O–H groups in total. The number of carbonyl (C=O) groups excluding carboxylic acids is 1. The second-order valence-corrected chi connectivity index (χ2v) is 5.84. The fourth-order valence-corrected chi connectivity index (χ4v) is 4.52. The first-order chi connectivity index (χ1) is 6.75. The maximum absolute atomic E-state index is 11.7. The van der Waals surface area contributed by atoms with Crippen LogP contribution < -0.4 is 0 Å². The van der Waals surface area contributed by atoms with Crippen LogP contribution in [-0.4, -0.2) is 5.78 Å². The van der Waals surface area contributed by atoms with Gasteiger partial charge in [0, 0.05) is 12.3 Å². The van der Waals surface area contributed by atoms with Crippen molar-refractivity contribution in [2.75, 3.05) is 0 Å². The first kappa shape index (κ1) is 8.94. The third kappa shape index (κ3) is 1.17. The summed E-state index contributed by atoms with van der Waals surface area (Å²) in [4.78, 5) is 11.7. The van der Waals surface area contributed by atoms with Crippen molar-refractivity contribution in [3.05, 3.63) is 0 Å². The largest absolute Gasteiger partial charge is 0.299 e. The number of Topliss-reactive ketones (excluding diaryl/α,β-unsaturated/α-hetero) is 1. The second kappa shape index (κ2) is 3.08. The molecule has 3 saturated carbocycles. The molecule has 0 saturated heterocycles. The standard InChI is InChI=1S/C13H20O/c1-8-5-9-6-11(8)12(7-9)10-3-2-4-13(10)14/h8-12H,2-7H2,1H3. The maximum atomic E-state index is 11.7. The summed E-state index contributed by atoms with van der Waals surface area (Å²) in [5, 5.41) is 0. The molecule has 0 aliphatic heterocycles. The summed E-state index contributed by atoms with van der Waals surface area (Å²) in [7, 11) is 0. The Morgan fingerprint density at radius 1 is 1.14 bits per heavy atom. The lowest BCUT2D eigenvalue weighted by Crippen LogP contribution is -2.27. The molecule has 78 valence electrons. The van der Waals surface area contributed by atoms with E-state index >= 15 is 0 Å². The van der Waals surface area contributed by atoms with E-state index in [0.29, 0.717) is 11.7 Å². The monoisotopic (exact) mass is 192 g/mol. The minimum absolute atomic E-state index is 0.479. The Balaban J connectivity index is 1.77. The van der Waals surface area contributed by atoms with Crippen LogP contribution in [0.1, 0.15) is 45.4 Å². The van der Waals surface area contributed by atoms with Gasteiger partial charge in [-0.3, -0.25) is 4.79 Å². The predicted octanol–water partition coefficient (Wildman–Crippen LogP) is 3.04. The van der Waals surface area contributed by atoms with Gasteiger partial charge in [0.1, 0.15) is 5.78 Å². The van der Waals surface area contributed by atoms with Crippen molar-refractivity contribution < 1.29 is 4.79 Å². The van der Waals surface area contributed by atoms with Gasteiger partial charge in [-0.1, -0.05) is 6.92 Å². The Morgan fingerprint density at radius 2 is 1.93 bits per heavy atom. The second-order valence-electron chi connectivity index (χ2n) is 5.84. The molecule has 14 heavy (non-hydrogen) atoms. The third-order valence-corrected chi connectivity index (χ3v) is 5.07. The maximum Gasteiger partial charge on any atom is 0.136 e. The van der Waals surface area contributed by atoms with Crippen LogP contribution in [0.4, 0.5) is 0 Å². The van der Waals surface area contributed by atoms with Gasteiger partial charge in [0.2, 0.25) is 0 Å². The predicted molar refractivity (Wildman–Crippen MR) is 55.8 cm³/mol. The summed E-state index contributed by atoms with van der Waals surface area (Å²) in [6.07, 6.45) is 7.53. The fraction of sp³-hybridized carbons (Fsp3) is 0.923. The van der Waals surface area contributed by atoms with Crippen molar-refractivity contribution >= 4 is 5.78 Å². The quantitative estimate of drug-likeness (QED) is 0.624. The van der Waals surface area contributed by atoms with Crippen LogP contribution in [0, 0.1) is 29.6 Å². The van der Waals surface area contributed by atoms with Gasteiger partial charge in [0.25, 0.3) is 0 Å². The van der Waals surface area contributed by atoms with Crippen LogP contribution in [0.25, 0.3) is 0 Å². The van der Waals surface area contributed by atoms with Crippen LogP contribution in [0.3, 0.4) is 0 Å². The van der Waals surface area contributed by atoms with Crippen LogP contribution >= 0.6 is 0 Å². The van der Waals surface area contributed by atoms with Crippen molar-refractivity contribution in [2.45, 2.75) is 45.4 Å². The highest BCUT2D eigenvalue weighted by Gasteiger charge is 2.49. The summed E-state index contributed by atoms with van der Waals surface area (Å²) in [6.45, 7) is 2.40. The van der Waals surface area contributed by atoms with E-state index in [9.17, 15) is 4.79 Å². The van der Waals surface area contributed by atoms with Crippen molar-refractivity contribution in [3.63, 3.8) is 0 Å². The van der Waals surface area contributed by atoms with E-state index in [1.165, 1.54) is 32.1 Å². The Kier molecular flexibility index (Phi) is 1.97. The lowest BCUT2D eigenvalue weighted by atomic mass is 9.74. The Bertz CT molecular complexity index is 258. The lowest BCUT2D eigenvalue weighted by Gasteiger charge is -2.30. The first-order valence-electron chi connectivity index (χ1n) is 6.28. The number of hydrogen-bond donors (Lipinski definition) is 0. The Morgan fingerprint density at radius 3 is 2.50 bits per heavy atom. The number of hydrogen-bond acceptors (Lipinski definition) is 1. The van der Waals surface area contributed by atoms with E-state index in [4.69, 9.17) is 0 Å². The van der Waals surface area contributed by atoms with Crippen molar-refractivity contribution in [1.82, 2.24) is 0 Å². The fourth-order valence-electron chi connectivity index (χ4n) is 4.52. The highest BCUT2D eigenvalue weighted by Crippen LogP contribution is 2.55. The zero-order valence-electron chi connectivity index (χ0n) is 9.04. The molecule has 1 heteroatoms. The van der Waals surface area contributed by atoms with Crippen LogP contribution in [0.15, 0.2) is 0 Å². The highest BCUT2D eigenvalue weighted by molar-refractivity contribution is 5.83. The third-order valence-electron chi connectivity index (χ3n) is 5.07. The van der Waals surface area contributed by atoms with Crippen LogP contribution in [-0.2, 0) is 4.79 Å². The summed E-state index contributed by atoms with van der Waals surface area (Å²) in [5.41, 5.74) is 0. The van der Waals surface area contributed by atoms with E-state index < -0.39 is 0 Å². The summed E-state index contributed by atoms with van der Waals surface area (Å²) < 4.78 is 0. The molecule has 0 amide bonds.